The van der Waals surface area contributed by atoms with Crippen molar-refractivity contribution in [2.75, 3.05) is 6.61 Å². The maximum atomic E-state index is 12.3. The second-order valence-electron chi connectivity index (χ2n) is 5.48. The lowest BCUT2D eigenvalue weighted by Gasteiger charge is -2.35. The van der Waals surface area contributed by atoms with E-state index in [4.69, 9.17) is 4.74 Å². The van der Waals surface area contributed by atoms with Crippen LogP contribution in [0.2, 0.25) is 0 Å². The molecule has 2 aromatic carbocycles. The maximum Gasteiger partial charge on any atom is 0.410 e. The van der Waals surface area contributed by atoms with E-state index in [-0.39, 0.29) is 25.3 Å². The van der Waals surface area contributed by atoms with Gasteiger partial charge in [0.05, 0.1) is 12.6 Å². The minimum atomic E-state index is -0.377. The first-order valence-corrected chi connectivity index (χ1v) is 7.43. The normalized spacial score (nSPS) is 17.0. The number of aliphatic hydroxyl groups is 1. The van der Waals surface area contributed by atoms with Gasteiger partial charge in [-0.1, -0.05) is 54.6 Å². The third-order valence-electron chi connectivity index (χ3n) is 4.01. The number of amides is 1. The molecule has 2 aromatic rings. The number of ether oxygens (including phenoxy) is 1. The first kappa shape index (κ1) is 14.6. The highest BCUT2D eigenvalue weighted by atomic mass is 16.6. The number of hydrogen-bond donors (Lipinski definition) is 1. The number of aliphatic hydroxyl groups excluding tert-OH is 1. The molecule has 0 radical (unpaired) electrons. The van der Waals surface area contributed by atoms with Crippen LogP contribution < -0.4 is 0 Å². The molecule has 1 N–H and O–H groups in total. The molecule has 3 rings (SSSR count). The molecule has 0 unspecified atom stereocenters. The monoisotopic (exact) mass is 297 g/mol. The molecule has 0 saturated carbocycles. The smallest absolute Gasteiger partial charge is 0.410 e. The quantitative estimate of drug-likeness (QED) is 0.947. The van der Waals surface area contributed by atoms with Crippen LogP contribution in [0.3, 0.4) is 0 Å². The van der Waals surface area contributed by atoms with Gasteiger partial charge in [-0.15, -0.1) is 0 Å². The molecule has 114 valence electrons. The van der Waals surface area contributed by atoms with Crippen LogP contribution in [-0.4, -0.2) is 28.7 Å². The fourth-order valence-corrected chi connectivity index (χ4v) is 2.77. The molecule has 1 amide bonds. The number of fused-ring (bicyclic) bond motifs is 1. The van der Waals surface area contributed by atoms with Crippen molar-refractivity contribution >= 4 is 6.09 Å². The van der Waals surface area contributed by atoms with Gasteiger partial charge in [0, 0.05) is 6.54 Å². The highest BCUT2D eigenvalue weighted by Gasteiger charge is 2.30. The summed E-state index contributed by atoms with van der Waals surface area (Å²) in [5.74, 6) is 0. The Hall–Kier alpha value is -2.33. The fourth-order valence-electron chi connectivity index (χ4n) is 2.77. The van der Waals surface area contributed by atoms with E-state index < -0.39 is 0 Å². The van der Waals surface area contributed by atoms with Gasteiger partial charge in [0.15, 0.2) is 0 Å². The van der Waals surface area contributed by atoms with Gasteiger partial charge in [-0.05, 0) is 23.1 Å². The first-order chi connectivity index (χ1) is 10.8. The summed E-state index contributed by atoms with van der Waals surface area (Å²) in [6.45, 7) is 0.666. The lowest BCUT2D eigenvalue weighted by Crippen LogP contribution is -2.46. The molecule has 1 aliphatic rings. The predicted molar refractivity (Wildman–Crippen MR) is 83.2 cm³/mol. The third-order valence-corrected chi connectivity index (χ3v) is 4.01. The van der Waals surface area contributed by atoms with E-state index in [1.807, 2.05) is 54.6 Å². The second-order valence-corrected chi connectivity index (χ2v) is 5.48. The minimum absolute atomic E-state index is 0.0607. The second kappa shape index (κ2) is 6.62. The van der Waals surface area contributed by atoms with Crippen molar-refractivity contribution in [2.24, 2.45) is 0 Å². The highest BCUT2D eigenvalue weighted by molar-refractivity contribution is 5.68. The van der Waals surface area contributed by atoms with E-state index in [9.17, 15) is 9.90 Å². The third kappa shape index (κ3) is 3.12. The summed E-state index contributed by atoms with van der Waals surface area (Å²) >= 11 is 0. The van der Waals surface area contributed by atoms with Crippen molar-refractivity contribution in [3.63, 3.8) is 0 Å². The van der Waals surface area contributed by atoms with Gasteiger partial charge in [-0.2, -0.15) is 0 Å². The lowest BCUT2D eigenvalue weighted by atomic mass is 9.95. The molecule has 4 nitrogen and oxygen atoms in total. The lowest BCUT2D eigenvalue weighted by molar-refractivity contribution is 0.0563. The van der Waals surface area contributed by atoms with Crippen LogP contribution in [0.4, 0.5) is 4.79 Å². The molecule has 0 spiro atoms. The van der Waals surface area contributed by atoms with Gasteiger partial charge in [0.1, 0.15) is 6.61 Å². The molecule has 0 aliphatic carbocycles. The van der Waals surface area contributed by atoms with Crippen LogP contribution in [0.5, 0.6) is 0 Å². The Labute approximate surface area is 130 Å². The molecular formula is C18H19NO3. The van der Waals surface area contributed by atoms with Crippen LogP contribution >= 0.6 is 0 Å². The maximum absolute atomic E-state index is 12.3. The van der Waals surface area contributed by atoms with Gasteiger partial charge >= 0.3 is 6.09 Å². The van der Waals surface area contributed by atoms with E-state index in [1.54, 1.807) is 4.90 Å². The van der Waals surface area contributed by atoms with E-state index in [0.29, 0.717) is 13.0 Å². The molecule has 0 bridgehead atoms. The molecule has 22 heavy (non-hydrogen) atoms. The molecular weight excluding hydrogens is 278 g/mol. The topological polar surface area (TPSA) is 49.8 Å². The summed E-state index contributed by atoms with van der Waals surface area (Å²) in [7, 11) is 0. The Balaban J connectivity index is 1.68. The Morgan fingerprint density at radius 3 is 2.50 bits per heavy atom. The van der Waals surface area contributed by atoms with Gasteiger partial charge in [-0.25, -0.2) is 4.79 Å². The van der Waals surface area contributed by atoms with Gasteiger partial charge in [-0.3, -0.25) is 4.90 Å². The summed E-state index contributed by atoms with van der Waals surface area (Å²) in [5.41, 5.74) is 3.26. The summed E-state index contributed by atoms with van der Waals surface area (Å²) < 4.78 is 5.39. The predicted octanol–water partition coefficient (Wildman–Crippen LogP) is 2.74. The Kier molecular flexibility index (Phi) is 4.39. The van der Waals surface area contributed by atoms with Crippen molar-refractivity contribution in [2.45, 2.75) is 25.6 Å². The number of hydrogen-bond acceptors (Lipinski definition) is 3. The van der Waals surface area contributed by atoms with E-state index in [1.165, 1.54) is 5.56 Å². The van der Waals surface area contributed by atoms with Crippen LogP contribution in [-0.2, 0) is 24.3 Å². The molecule has 0 saturated heterocycles. The molecule has 1 atom stereocenters. The zero-order chi connectivity index (χ0) is 15.4. The molecule has 1 aliphatic heterocycles. The van der Waals surface area contributed by atoms with E-state index in [2.05, 4.69) is 0 Å². The van der Waals surface area contributed by atoms with Crippen molar-refractivity contribution in [3.8, 4) is 0 Å². The molecule has 4 heteroatoms. The van der Waals surface area contributed by atoms with Crippen LogP contribution in [0, 0.1) is 0 Å². The molecule has 0 aromatic heterocycles. The van der Waals surface area contributed by atoms with Crippen LogP contribution in [0.15, 0.2) is 54.6 Å². The van der Waals surface area contributed by atoms with Crippen molar-refractivity contribution in [1.82, 2.24) is 4.90 Å². The average Bonchev–Trinajstić information content (AvgIpc) is 2.59. The van der Waals surface area contributed by atoms with Gasteiger partial charge < -0.3 is 9.84 Å². The Morgan fingerprint density at radius 2 is 1.77 bits per heavy atom. The van der Waals surface area contributed by atoms with E-state index >= 15 is 0 Å². The largest absolute Gasteiger partial charge is 0.445 e. The fraction of sp³-hybridized carbons (Fsp3) is 0.278. The van der Waals surface area contributed by atoms with Crippen molar-refractivity contribution < 1.29 is 14.6 Å². The summed E-state index contributed by atoms with van der Waals surface area (Å²) in [4.78, 5) is 14.0. The van der Waals surface area contributed by atoms with Gasteiger partial charge in [0.2, 0.25) is 0 Å². The van der Waals surface area contributed by atoms with Gasteiger partial charge in [0.25, 0.3) is 0 Å². The summed E-state index contributed by atoms with van der Waals surface area (Å²) in [5, 5.41) is 9.57. The number of carbonyl (C=O) groups excluding carboxylic acids is 1. The zero-order valence-corrected chi connectivity index (χ0v) is 12.3. The zero-order valence-electron chi connectivity index (χ0n) is 12.3. The number of benzene rings is 2. The SMILES string of the molecule is O=C(OCc1ccccc1)N1Cc2ccccc2C[C@@H]1CO. The van der Waals surface area contributed by atoms with Crippen molar-refractivity contribution in [3.05, 3.63) is 71.3 Å². The van der Waals surface area contributed by atoms with Crippen LogP contribution in [0.25, 0.3) is 0 Å². The standard InChI is InChI=1S/C18H19NO3/c20-12-17-10-15-8-4-5-9-16(15)11-19(17)18(21)22-13-14-6-2-1-3-7-14/h1-9,17,20H,10-13H2/t17-/m1/s1. The molecule has 0 fully saturated rings. The molecule has 1 heterocycles. The Bertz CT molecular complexity index is 642. The first-order valence-electron chi connectivity index (χ1n) is 7.43. The average molecular weight is 297 g/mol. The number of rotatable bonds is 3. The minimum Gasteiger partial charge on any atom is -0.445 e. The number of nitrogens with zero attached hydrogens (tertiary/aromatic N) is 1. The number of carbonyl (C=O) groups is 1. The summed E-state index contributed by atoms with van der Waals surface area (Å²) in [6, 6.07) is 17.4. The highest BCUT2D eigenvalue weighted by Crippen LogP contribution is 2.24. The van der Waals surface area contributed by atoms with Crippen LogP contribution in [0.1, 0.15) is 16.7 Å². The van der Waals surface area contributed by atoms with E-state index in [0.717, 1.165) is 11.1 Å². The van der Waals surface area contributed by atoms with Crippen molar-refractivity contribution in [1.29, 1.82) is 0 Å². The Morgan fingerprint density at radius 1 is 1.09 bits per heavy atom. The summed E-state index contributed by atoms with van der Waals surface area (Å²) in [6.07, 6.45) is 0.282.